The molecule has 1 spiro atoms. The molecule has 0 aromatic rings. The third-order valence-electron chi connectivity index (χ3n) is 4.95. The van der Waals surface area contributed by atoms with Crippen molar-refractivity contribution in [3.63, 3.8) is 0 Å². The Morgan fingerprint density at radius 3 is 2.20 bits per heavy atom. The van der Waals surface area contributed by atoms with Gasteiger partial charge in [-0.15, -0.1) is 0 Å². The maximum absolute atomic E-state index is 12.7. The smallest absolute Gasteiger partial charge is 0.327 e. The van der Waals surface area contributed by atoms with Crippen LogP contribution in [0.1, 0.15) is 33.6 Å². The van der Waals surface area contributed by atoms with E-state index in [-0.39, 0.29) is 19.3 Å². The van der Waals surface area contributed by atoms with Gasteiger partial charge in [0.1, 0.15) is 5.60 Å². The molecule has 0 N–H and O–H groups in total. The van der Waals surface area contributed by atoms with Crippen LogP contribution in [0.2, 0.25) is 0 Å². The molecular formula is C15H20O5. The Morgan fingerprint density at radius 1 is 1.20 bits per heavy atom. The Labute approximate surface area is 118 Å². The molecule has 110 valence electrons. The van der Waals surface area contributed by atoms with Crippen molar-refractivity contribution in [2.75, 3.05) is 13.2 Å². The number of rotatable bonds is 4. The van der Waals surface area contributed by atoms with Crippen LogP contribution in [0.25, 0.3) is 0 Å². The molecule has 2 fully saturated rings. The van der Waals surface area contributed by atoms with Crippen LogP contribution < -0.4 is 0 Å². The van der Waals surface area contributed by atoms with Gasteiger partial charge in [0.05, 0.1) is 19.3 Å². The number of carbonyl (C=O) groups is 2. The van der Waals surface area contributed by atoms with E-state index in [1.165, 1.54) is 0 Å². The van der Waals surface area contributed by atoms with Crippen LogP contribution in [0.5, 0.6) is 0 Å². The van der Waals surface area contributed by atoms with Gasteiger partial charge in [-0.3, -0.25) is 9.59 Å². The normalized spacial score (nSPS) is 34.2. The summed E-state index contributed by atoms with van der Waals surface area (Å²) in [5.74, 6) is -1.02. The topological polar surface area (TPSA) is 61.8 Å². The SMILES string of the molecule is CCOC(=O)C1(C(=O)OCC)C2(CC2)[C@H]2C=C[C@]1(C)O2. The van der Waals surface area contributed by atoms with Crippen molar-refractivity contribution in [3.05, 3.63) is 12.2 Å². The maximum atomic E-state index is 12.7. The lowest BCUT2D eigenvalue weighted by Crippen LogP contribution is -2.59. The molecular weight excluding hydrogens is 260 g/mol. The minimum absolute atomic E-state index is 0.193. The first-order valence-corrected chi connectivity index (χ1v) is 7.20. The second-order valence-electron chi connectivity index (χ2n) is 5.85. The van der Waals surface area contributed by atoms with Crippen LogP contribution in [-0.4, -0.2) is 36.9 Å². The van der Waals surface area contributed by atoms with E-state index in [1.54, 1.807) is 20.8 Å². The van der Waals surface area contributed by atoms with E-state index < -0.39 is 28.4 Å². The third-order valence-corrected chi connectivity index (χ3v) is 4.95. The Kier molecular flexibility index (Phi) is 2.77. The summed E-state index contributed by atoms with van der Waals surface area (Å²) >= 11 is 0. The predicted molar refractivity (Wildman–Crippen MR) is 69.8 cm³/mol. The largest absolute Gasteiger partial charge is 0.465 e. The Hall–Kier alpha value is -1.36. The summed E-state index contributed by atoms with van der Waals surface area (Å²) in [5, 5.41) is 0. The first kappa shape index (κ1) is 13.6. The molecule has 0 unspecified atom stereocenters. The van der Waals surface area contributed by atoms with Crippen molar-refractivity contribution in [2.24, 2.45) is 10.8 Å². The second-order valence-corrected chi connectivity index (χ2v) is 5.85. The van der Waals surface area contributed by atoms with Gasteiger partial charge in [0.15, 0.2) is 0 Å². The molecule has 3 rings (SSSR count). The number of hydrogen-bond donors (Lipinski definition) is 0. The zero-order chi connectivity index (χ0) is 14.6. The quantitative estimate of drug-likeness (QED) is 0.445. The van der Waals surface area contributed by atoms with Gasteiger partial charge in [-0.25, -0.2) is 0 Å². The molecule has 20 heavy (non-hydrogen) atoms. The molecule has 2 atom stereocenters. The van der Waals surface area contributed by atoms with E-state index in [0.29, 0.717) is 0 Å². The first-order valence-electron chi connectivity index (χ1n) is 7.20. The minimum atomic E-state index is -1.36. The average molecular weight is 280 g/mol. The van der Waals surface area contributed by atoms with Crippen molar-refractivity contribution >= 4 is 11.9 Å². The molecule has 0 aromatic carbocycles. The highest BCUT2D eigenvalue weighted by Gasteiger charge is 2.85. The zero-order valence-electron chi connectivity index (χ0n) is 12.1. The summed E-state index contributed by atoms with van der Waals surface area (Å²) in [5.41, 5.74) is -2.80. The Bertz CT molecular complexity index is 472. The lowest BCUT2D eigenvalue weighted by molar-refractivity contribution is -0.184. The molecule has 2 bridgehead atoms. The number of carbonyl (C=O) groups excluding carboxylic acids is 2. The van der Waals surface area contributed by atoms with Crippen LogP contribution in [0.4, 0.5) is 0 Å². The highest BCUT2D eigenvalue weighted by molar-refractivity contribution is 6.04. The van der Waals surface area contributed by atoms with Crippen molar-refractivity contribution in [1.29, 1.82) is 0 Å². The van der Waals surface area contributed by atoms with Crippen molar-refractivity contribution in [1.82, 2.24) is 0 Å². The van der Waals surface area contributed by atoms with E-state index in [1.807, 2.05) is 12.2 Å². The van der Waals surface area contributed by atoms with Crippen LogP contribution in [0.3, 0.4) is 0 Å². The molecule has 2 aliphatic heterocycles. The molecule has 1 saturated heterocycles. The van der Waals surface area contributed by atoms with Crippen molar-refractivity contribution in [2.45, 2.75) is 45.3 Å². The highest BCUT2D eigenvalue weighted by atomic mass is 16.6. The van der Waals surface area contributed by atoms with Crippen molar-refractivity contribution < 1.29 is 23.8 Å². The highest BCUT2D eigenvalue weighted by Crippen LogP contribution is 2.74. The molecule has 5 nitrogen and oxygen atoms in total. The van der Waals surface area contributed by atoms with Gasteiger partial charge in [0.25, 0.3) is 0 Å². The zero-order valence-corrected chi connectivity index (χ0v) is 12.1. The van der Waals surface area contributed by atoms with Crippen LogP contribution in [-0.2, 0) is 23.8 Å². The van der Waals surface area contributed by atoms with E-state index in [9.17, 15) is 9.59 Å². The van der Waals surface area contributed by atoms with Crippen LogP contribution in [0, 0.1) is 10.8 Å². The van der Waals surface area contributed by atoms with Crippen LogP contribution in [0.15, 0.2) is 12.2 Å². The van der Waals surface area contributed by atoms with E-state index >= 15 is 0 Å². The average Bonchev–Trinajstić information content (AvgIpc) is 3.01. The van der Waals surface area contributed by atoms with Crippen LogP contribution >= 0.6 is 0 Å². The molecule has 1 aliphatic carbocycles. The van der Waals surface area contributed by atoms with Gasteiger partial charge in [-0.05, 0) is 33.6 Å². The summed E-state index contributed by atoms with van der Waals surface area (Å²) in [4.78, 5) is 25.4. The van der Waals surface area contributed by atoms with E-state index in [4.69, 9.17) is 14.2 Å². The molecule has 5 heteroatoms. The Balaban J connectivity index is 2.13. The van der Waals surface area contributed by atoms with Crippen molar-refractivity contribution in [3.8, 4) is 0 Å². The molecule has 1 saturated carbocycles. The first-order chi connectivity index (χ1) is 9.48. The molecule has 0 amide bonds. The molecule has 3 aliphatic rings. The number of ether oxygens (including phenoxy) is 3. The summed E-state index contributed by atoms with van der Waals surface area (Å²) < 4.78 is 16.4. The molecule has 0 aromatic heterocycles. The summed E-state index contributed by atoms with van der Waals surface area (Å²) in [7, 11) is 0. The lowest BCUT2D eigenvalue weighted by Gasteiger charge is -2.40. The fourth-order valence-corrected chi connectivity index (χ4v) is 4.00. The summed E-state index contributed by atoms with van der Waals surface area (Å²) in [6, 6.07) is 0. The minimum Gasteiger partial charge on any atom is -0.465 e. The van der Waals surface area contributed by atoms with Gasteiger partial charge in [0.2, 0.25) is 5.41 Å². The van der Waals surface area contributed by atoms with Gasteiger partial charge < -0.3 is 14.2 Å². The number of esters is 2. The standard InChI is InChI=1S/C15H20O5/c1-4-18-11(16)15(12(17)19-5-2)13(3)7-6-10(20-13)14(15)8-9-14/h6-7,10H,4-5,8-9H2,1-3H3/t10-,13+/m1/s1. The molecule has 2 heterocycles. The molecule has 0 radical (unpaired) electrons. The fourth-order valence-electron chi connectivity index (χ4n) is 4.00. The Morgan fingerprint density at radius 2 is 1.75 bits per heavy atom. The lowest BCUT2D eigenvalue weighted by atomic mass is 9.60. The second kappa shape index (κ2) is 4.07. The van der Waals surface area contributed by atoms with E-state index in [2.05, 4.69) is 0 Å². The van der Waals surface area contributed by atoms with E-state index in [0.717, 1.165) is 12.8 Å². The number of hydrogen-bond acceptors (Lipinski definition) is 5. The van der Waals surface area contributed by atoms with Gasteiger partial charge in [0, 0.05) is 5.41 Å². The predicted octanol–water partition coefficient (Wildman–Crippen LogP) is 1.61. The monoisotopic (exact) mass is 280 g/mol. The van der Waals surface area contributed by atoms with Gasteiger partial charge in [-0.2, -0.15) is 0 Å². The fraction of sp³-hybridized carbons (Fsp3) is 0.733. The third kappa shape index (κ3) is 1.27. The maximum Gasteiger partial charge on any atom is 0.327 e. The number of fused-ring (bicyclic) bond motifs is 3. The van der Waals surface area contributed by atoms with Gasteiger partial charge in [-0.1, -0.05) is 12.2 Å². The summed E-state index contributed by atoms with van der Waals surface area (Å²) in [6.45, 7) is 5.73. The van der Waals surface area contributed by atoms with Gasteiger partial charge >= 0.3 is 11.9 Å². The summed E-state index contributed by atoms with van der Waals surface area (Å²) in [6.07, 6.45) is 5.16.